The Bertz CT molecular complexity index is 581. The SMILES string of the molecule is Cc1cscc1C(CC1CCOc2ccccc21)NN. The summed E-state index contributed by atoms with van der Waals surface area (Å²) in [5, 5.41) is 4.38. The maximum atomic E-state index is 5.79. The molecule has 0 saturated carbocycles. The molecular weight excluding hydrogens is 268 g/mol. The highest BCUT2D eigenvalue weighted by atomic mass is 32.1. The molecule has 106 valence electrons. The number of nitrogens with two attached hydrogens (primary N) is 1. The summed E-state index contributed by atoms with van der Waals surface area (Å²) in [6.45, 7) is 2.94. The summed E-state index contributed by atoms with van der Waals surface area (Å²) in [6.07, 6.45) is 2.06. The number of ether oxygens (including phenoxy) is 1. The number of aryl methyl sites for hydroxylation is 1. The minimum Gasteiger partial charge on any atom is -0.493 e. The van der Waals surface area contributed by atoms with Crippen molar-refractivity contribution in [1.82, 2.24) is 5.43 Å². The van der Waals surface area contributed by atoms with E-state index >= 15 is 0 Å². The van der Waals surface area contributed by atoms with Gasteiger partial charge >= 0.3 is 0 Å². The Kier molecular flexibility index (Phi) is 4.05. The van der Waals surface area contributed by atoms with Crippen LogP contribution in [0.15, 0.2) is 35.0 Å². The number of hydrogen-bond acceptors (Lipinski definition) is 4. The van der Waals surface area contributed by atoms with Crippen molar-refractivity contribution in [2.24, 2.45) is 5.84 Å². The molecule has 1 aromatic carbocycles. The van der Waals surface area contributed by atoms with Gasteiger partial charge in [0.05, 0.1) is 6.61 Å². The Hall–Kier alpha value is -1.36. The van der Waals surface area contributed by atoms with Crippen LogP contribution in [0.4, 0.5) is 0 Å². The van der Waals surface area contributed by atoms with Crippen LogP contribution in [-0.2, 0) is 0 Å². The number of thiophene rings is 1. The molecule has 2 aromatic rings. The van der Waals surface area contributed by atoms with Crippen LogP contribution in [0, 0.1) is 6.92 Å². The first-order valence-corrected chi connectivity index (χ1v) is 7.94. The fourth-order valence-corrected chi connectivity index (χ4v) is 3.86. The molecule has 0 bridgehead atoms. The van der Waals surface area contributed by atoms with Gasteiger partial charge in [0.1, 0.15) is 5.75 Å². The molecule has 20 heavy (non-hydrogen) atoms. The van der Waals surface area contributed by atoms with E-state index in [0.717, 1.165) is 25.2 Å². The third-order valence-electron chi connectivity index (χ3n) is 4.07. The van der Waals surface area contributed by atoms with Gasteiger partial charge in [-0.3, -0.25) is 11.3 Å². The molecule has 0 fully saturated rings. The van der Waals surface area contributed by atoms with E-state index in [9.17, 15) is 0 Å². The summed E-state index contributed by atoms with van der Waals surface area (Å²) in [6, 6.07) is 8.55. The van der Waals surface area contributed by atoms with Crippen molar-refractivity contribution in [3.05, 3.63) is 51.7 Å². The van der Waals surface area contributed by atoms with Crippen molar-refractivity contribution in [2.75, 3.05) is 6.61 Å². The molecule has 0 amide bonds. The lowest BCUT2D eigenvalue weighted by Crippen LogP contribution is -2.30. The van der Waals surface area contributed by atoms with E-state index in [0.29, 0.717) is 5.92 Å². The summed E-state index contributed by atoms with van der Waals surface area (Å²) in [7, 11) is 0. The monoisotopic (exact) mass is 288 g/mol. The molecule has 1 aromatic heterocycles. The van der Waals surface area contributed by atoms with E-state index in [2.05, 4.69) is 41.3 Å². The Morgan fingerprint density at radius 2 is 2.25 bits per heavy atom. The van der Waals surface area contributed by atoms with Crippen LogP contribution in [0.5, 0.6) is 5.75 Å². The molecule has 3 nitrogen and oxygen atoms in total. The second-order valence-electron chi connectivity index (χ2n) is 5.34. The van der Waals surface area contributed by atoms with Crippen molar-refractivity contribution < 1.29 is 4.74 Å². The zero-order valence-corrected chi connectivity index (χ0v) is 12.5. The normalized spacial score (nSPS) is 19.2. The Morgan fingerprint density at radius 3 is 3.00 bits per heavy atom. The first-order valence-electron chi connectivity index (χ1n) is 7.00. The van der Waals surface area contributed by atoms with Crippen molar-refractivity contribution in [3.8, 4) is 5.75 Å². The predicted octanol–water partition coefficient (Wildman–Crippen LogP) is 3.52. The highest BCUT2D eigenvalue weighted by Crippen LogP contribution is 2.39. The molecule has 0 radical (unpaired) electrons. The molecule has 2 atom stereocenters. The van der Waals surface area contributed by atoms with Crippen LogP contribution in [0.1, 0.15) is 41.5 Å². The second-order valence-corrected chi connectivity index (χ2v) is 6.08. The third kappa shape index (κ3) is 2.59. The lowest BCUT2D eigenvalue weighted by molar-refractivity contribution is 0.255. The lowest BCUT2D eigenvalue weighted by atomic mass is 9.85. The van der Waals surface area contributed by atoms with Gasteiger partial charge in [-0.2, -0.15) is 11.3 Å². The van der Waals surface area contributed by atoms with Crippen LogP contribution < -0.4 is 16.0 Å². The Labute approximate surface area is 123 Å². The molecule has 0 spiro atoms. The van der Waals surface area contributed by atoms with Gasteiger partial charge in [0.25, 0.3) is 0 Å². The molecule has 3 N–H and O–H groups in total. The van der Waals surface area contributed by atoms with Crippen LogP contribution in [0.25, 0.3) is 0 Å². The van der Waals surface area contributed by atoms with Crippen molar-refractivity contribution >= 4 is 11.3 Å². The summed E-state index contributed by atoms with van der Waals surface area (Å²) in [5.41, 5.74) is 6.94. The highest BCUT2D eigenvalue weighted by Gasteiger charge is 2.25. The van der Waals surface area contributed by atoms with Crippen LogP contribution in [-0.4, -0.2) is 6.61 Å². The molecule has 2 heterocycles. The minimum atomic E-state index is 0.206. The first kappa shape index (κ1) is 13.6. The molecule has 1 aliphatic rings. The molecule has 0 aliphatic carbocycles. The highest BCUT2D eigenvalue weighted by molar-refractivity contribution is 7.08. The van der Waals surface area contributed by atoms with Crippen LogP contribution in [0.2, 0.25) is 0 Å². The minimum absolute atomic E-state index is 0.206. The van der Waals surface area contributed by atoms with Gasteiger partial charge in [0, 0.05) is 6.04 Å². The summed E-state index contributed by atoms with van der Waals surface area (Å²) in [4.78, 5) is 0. The molecule has 0 saturated heterocycles. The van der Waals surface area contributed by atoms with Gasteiger partial charge < -0.3 is 4.74 Å². The average molecular weight is 288 g/mol. The number of para-hydroxylation sites is 1. The van der Waals surface area contributed by atoms with E-state index in [1.54, 1.807) is 11.3 Å². The summed E-state index contributed by atoms with van der Waals surface area (Å²) in [5.74, 6) is 7.32. The maximum Gasteiger partial charge on any atom is 0.122 e. The van der Waals surface area contributed by atoms with E-state index in [-0.39, 0.29) is 6.04 Å². The third-order valence-corrected chi connectivity index (χ3v) is 4.95. The van der Waals surface area contributed by atoms with Gasteiger partial charge in [-0.25, -0.2) is 0 Å². The number of hydrogen-bond donors (Lipinski definition) is 2. The second kappa shape index (κ2) is 5.95. The lowest BCUT2D eigenvalue weighted by Gasteiger charge is -2.29. The summed E-state index contributed by atoms with van der Waals surface area (Å²) >= 11 is 1.74. The number of fused-ring (bicyclic) bond motifs is 1. The first-order chi connectivity index (χ1) is 9.79. The fourth-order valence-electron chi connectivity index (χ4n) is 2.96. The standard InChI is InChI=1S/C16H20N2OS/c1-11-9-20-10-14(11)15(18-17)8-12-6-7-19-16-5-3-2-4-13(12)16/h2-5,9-10,12,15,18H,6-8,17H2,1H3. The van der Waals surface area contributed by atoms with E-state index in [4.69, 9.17) is 10.6 Å². The Balaban J connectivity index is 1.82. The fraction of sp³-hybridized carbons (Fsp3) is 0.375. The molecule has 4 heteroatoms. The smallest absolute Gasteiger partial charge is 0.122 e. The number of nitrogens with one attached hydrogen (secondary N) is 1. The van der Waals surface area contributed by atoms with Crippen LogP contribution >= 0.6 is 11.3 Å². The molecule has 1 aliphatic heterocycles. The maximum absolute atomic E-state index is 5.79. The van der Waals surface area contributed by atoms with Gasteiger partial charge in [-0.05, 0) is 59.2 Å². The van der Waals surface area contributed by atoms with Gasteiger partial charge in [-0.1, -0.05) is 18.2 Å². The average Bonchev–Trinajstić information content (AvgIpc) is 2.91. The van der Waals surface area contributed by atoms with E-state index < -0.39 is 0 Å². The zero-order chi connectivity index (χ0) is 13.9. The largest absolute Gasteiger partial charge is 0.493 e. The quantitative estimate of drug-likeness (QED) is 0.668. The molecule has 2 unspecified atom stereocenters. The number of benzene rings is 1. The van der Waals surface area contributed by atoms with Crippen molar-refractivity contribution in [2.45, 2.75) is 31.7 Å². The number of rotatable bonds is 4. The van der Waals surface area contributed by atoms with Gasteiger partial charge in [-0.15, -0.1) is 0 Å². The predicted molar refractivity (Wildman–Crippen MR) is 83.0 cm³/mol. The van der Waals surface area contributed by atoms with Crippen molar-refractivity contribution in [3.63, 3.8) is 0 Å². The number of hydrazine groups is 1. The van der Waals surface area contributed by atoms with Gasteiger partial charge in [0.15, 0.2) is 0 Å². The molecular formula is C16H20N2OS. The van der Waals surface area contributed by atoms with Crippen molar-refractivity contribution in [1.29, 1.82) is 0 Å². The summed E-state index contributed by atoms with van der Waals surface area (Å²) < 4.78 is 5.73. The molecule has 3 rings (SSSR count). The topological polar surface area (TPSA) is 47.3 Å². The van der Waals surface area contributed by atoms with Crippen LogP contribution in [0.3, 0.4) is 0 Å². The van der Waals surface area contributed by atoms with E-state index in [1.807, 2.05) is 6.07 Å². The zero-order valence-electron chi connectivity index (χ0n) is 11.6. The Morgan fingerprint density at radius 1 is 1.40 bits per heavy atom. The van der Waals surface area contributed by atoms with E-state index in [1.165, 1.54) is 16.7 Å². The van der Waals surface area contributed by atoms with Gasteiger partial charge in [0.2, 0.25) is 0 Å².